The number of nitrogens with one attached hydrogen (secondary N) is 1. The standard InChI is InChI=1S/C27H24BrClN2O2/c1-4-33-26-14-20(11-21(16-30)27(32)31-23-7-5-6-22(29)15-23)13-25(28)24(26)12-19-9-17(2)8-18(3)10-19/h5-11,13-15H,4,12H2,1-3H3,(H,31,32)/b21-11+. The van der Waals surface area contributed by atoms with E-state index in [9.17, 15) is 10.1 Å². The van der Waals surface area contributed by atoms with Crippen molar-refractivity contribution in [3.63, 3.8) is 0 Å². The molecule has 0 aliphatic heterocycles. The molecule has 3 aromatic rings. The molecular weight excluding hydrogens is 500 g/mol. The molecule has 1 amide bonds. The van der Waals surface area contributed by atoms with Gasteiger partial charge in [-0.3, -0.25) is 4.79 Å². The molecule has 3 aromatic carbocycles. The fraction of sp³-hybridized carbons (Fsp3) is 0.185. The van der Waals surface area contributed by atoms with Gasteiger partial charge in [0.25, 0.3) is 5.91 Å². The van der Waals surface area contributed by atoms with E-state index in [0.717, 1.165) is 10.0 Å². The molecule has 0 heterocycles. The average Bonchev–Trinajstić information content (AvgIpc) is 2.74. The van der Waals surface area contributed by atoms with Gasteiger partial charge >= 0.3 is 0 Å². The summed E-state index contributed by atoms with van der Waals surface area (Å²) < 4.78 is 6.77. The number of amides is 1. The number of benzene rings is 3. The Hall–Kier alpha value is -3.07. The van der Waals surface area contributed by atoms with Crippen LogP contribution in [0.1, 0.15) is 34.7 Å². The van der Waals surface area contributed by atoms with Crippen molar-refractivity contribution in [2.75, 3.05) is 11.9 Å². The van der Waals surface area contributed by atoms with Gasteiger partial charge in [-0.2, -0.15) is 5.26 Å². The van der Waals surface area contributed by atoms with Crippen LogP contribution in [0.2, 0.25) is 5.02 Å². The highest BCUT2D eigenvalue weighted by Gasteiger charge is 2.14. The van der Waals surface area contributed by atoms with E-state index in [1.165, 1.54) is 16.7 Å². The van der Waals surface area contributed by atoms with E-state index in [2.05, 4.69) is 53.3 Å². The summed E-state index contributed by atoms with van der Waals surface area (Å²) in [5.74, 6) is 0.206. The molecule has 0 radical (unpaired) electrons. The number of nitrogens with zero attached hydrogens (tertiary/aromatic N) is 1. The minimum atomic E-state index is -0.506. The summed E-state index contributed by atoms with van der Waals surface area (Å²) in [5.41, 5.74) is 5.82. The molecule has 0 spiro atoms. The third kappa shape index (κ3) is 6.71. The average molecular weight is 524 g/mol. The van der Waals surface area contributed by atoms with E-state index in [-0.39, 0.29) is 5.57 Å². The molecule has 0 aliphatic rings. The third-order valence-electron chi connectivity index (χ3n) is 4.90. The number of carbonyl (C=O) groups excluding carboxylic acids is 1. The molecule has 0 saturated heterocycles. The van der Waals surface area contributed by atoms with Gasteiger partial charge in [0.1, 0.15) is 17.4 Å². The van der Waals surface area contributed by atoms with E-state index in [0.29, 0.717) is 35.1 Å². The van der Waals surface area contributed by atoms with Gasteiger partial charge in [0, 0.05) is 27.2 Å². The lowest BCUT2D eigenvalue weighted by Gasteiger charge is -2.15. The molecule has 4 nitrogen and oxygen atoms in total. The van der Waals surface area contributed by atoms with Gasteiger partial charge < -0.3 is 10.1 Å². The molecule has 168 valence electrons. The molecule has 0 unspecified atom stereocenters. The Morgan fingerprint density at radius 2 is 1.88 bits per heavy atom. The molecule has 1 N–H and O–H groups in total. The Labute approximate surface area is 208 Å². The monoisotopic (exact) mass is 522 g/mol. The summed E-state index contributed by atoms with van der Waals surface area (Å²) in [6.07, 6.45) is 2.25. The van der Waals surface area contributed by atoms with E-state index >= 15 is 0 Å². The predicted octanol–water partition coefficient (Wildman–Crippen LogP) is 7.25. The van der Waals surface area contributed by atoms with Gasteiger partial charge in [-0.15, -0.1) is 0 Å². The van der Waals surface area contributed by atoms with Crippen LogP contribution in [-0.4, -0.2) is 12.5 Å². The van der Waals surface area contributed by atoms with Gasteiger partial charge in [0.05, 0.1) is 6.61 Å². The molecule has 6 heteroatoms. The van der Waals surface area contributed by atoms with Gasteiger partial charge in [0.15, 0.2) is 0 Å². The second kappa shape index (κ2) is 11.2. The van der Waals surface area contributed by atoms with Crippen molar-refractivity contribution in [2.24, 2.45) is 0 Å². The molecule has 0 atom stereocenters. The summed E-state index contributed by atoms with van der Waals surface area (Å²) in [5, 5.41) is 12.8. The quantitative estimate of drug-likeness (QED) is 0.262. The lowest BCUT2D eigenvalue weighted by molar-refractivity contribution is -0.112. The van der Waals surface area contributed by atoms with Crippen LogP contribution < -0.4 is 10.1 Å². The number of nitriles is 1. The maximum atomic E-state index is 12.6. The number of ether oxygens (including phenoxy) is 1. The third-order valence-corrected chi connectivity index (χ3v) is 5.84. The maximum absolute atomic E-state index is 12.6. The predicted molar refractivity (Wildman–Crippen MR) is 138 cm³/mol. The fourth-order valence-corrected chi connectivity index (χ4v) is 4.42. The summed E-state index contributed by atoms with van der Waals surface area (Å²) >= 11 is 9.64. The number of hydrogen-bond acceptors (Lipinski definition) is 3. The highest BCUT2D eigenvalue weighted by molar-refractivity contribution is 9.10. The second-order valence-electron chi connectivity index (χ2n) is 7.72. The van der Waals surface area contributed by atoms with Crippen LogP contribution in [0.15, 0.2) is 64.6 Å². The van der Waals surface area contributed by atoms with E-state index in [1.54, 1.807) is 30.3 Å². The van der Waals surface area contributed by atoms with Crippen molar-refractivity contribution < 1.29 is 9.53 Å². The topological polar surface area (TPSA) is 62.1 Å². The molecule has 0 aromatic heterocycles. The molecule has 0 bridgehead atoms. The zero-order valence-corrected chi connectivity index (χ0v) is 21.0. The first-order valence-corrected chi connectivity index (χ1v) is 11.7. The fourth-order valence-electron chi connectivity index (χ4n) is 3.63. The number of halogens is 2. The molecular formula is C27H24BrClN2O2. The van der Waals surface area contributed by atoms with Crippen LogP contribution in [0.25, 0.3) is 6.08 Å². The lowest BCUT2D eigenvalue weighted by atomic mass is 9.98. The van der Waals surface area contributed by atoms with Crippen molar-refractivity contribution in [3.8, 4) is 11.8 Å². The van der Waals surface area contributed by atoms with E-state index in [1.807, 2.05) is 25.1 Å². The number of anilines is 1. The highest BCUT2D eigenvalue weighted by atomic mass is 79.9. The lowest BCUT2D eigenvalue weighted by Crippen LogP contribution is -2.13. The van der Waals surface area contributed by atoms with E-state index in [4.69, 9.17) is 16.3 Å². The van der Waals surface area contributed by atoms with Crippen LogP contribution in [0.4, 0.5) is 5.69 Å². The zero-order valence-electron chi connectivity index (χ0n) is 18.7. The molecule has 0 aliphatic carbocycles. The van der Waals surface area contributed by atoms with E-state index < -0.39 is 5.91 Å². The minimum Gasteiger partial charge on any atom is -0.494 e. The summed E-state index contributed by atoms with van der Waals surface area (Å²) in [7, 11) is 0. The van der Waals surface area contributed by atoms with Crippen molar-refractivity contribution in [2.45, 2.75) is 27.2 Å². The Morgan fingerprint density at radius 1 is 1.15 bits per heavy atom. The van der Waals surface area contributed by atoms with Gasteiger partial charge in [-0.05, 0) is 68.3 Å². The number of rotatable bonds is 7. The van der Waals surface area contributed by atoms with Gasteiger partial charge in [-0.25, -0.2) is 0 Å². The Bertz CT molecular complexity index is 1240. The Kier molecular flexibility index (Phi) is 8.32. The first-order chi connectivity index (χ1) is 15.8. The number of hydrogen-bond donors (Lipinski definition) is 1. The van der Waals surface area contributed by atoms with Crippen LogP contribution in [0, 0.1) is 25.2 Å². The molecule has 3 rings (SSSR count). The van der Waals surface area contributed by atoms with Crippen LogP contribution >= 0.6 is 27.5 Å². The Morgan fingerprint density at radius 3 is 2.52 bits per heavy atom. The summed E-state index contributed by atoms with van der Waals surface area (Å²) in [4.78, 5) is 12.6. The minimum absolute atomic E-state index is 0.0219. The SMILES string of the molecule is CCOc1cc(/C=C(\C#N)C(=O)Nc2cccc(Cl)c2)cc(Br)c1Cc1cc(C)cc(C)c1. The van der Waals surface area contributed by atoms with Crippen molar-refractivity contribution in [1.82, 2.24) is 0 Å². The van der Waals surface area contributed by atoms with Crippen LogP contribution in [0.5, 0.6) is 5.75 Å². The van der Waals surface area contributed by atoms with Gasteiger partial charge in [-0.1, -0.05) is 62.9 Å². The summed E-state index contributed by atoms with van der Waals surface area (Å²) in [6, 6.07) is 19.0. The Balaban J connectivity index is 1.93. The molecule has 0 saturated carbocycles. The van der Waals surface area contributed by atoms with Gasteiger partial charge in [0.2, 0.25) is 0 Å². The highest BCUT2D eigenvalue weighted by Crippen LogP contribution is 2.33. The number of aryl methyl sites for hydroxylation is 2. The first-order valence-electron chi connectivity index (χ1n) is 10.5. The normalized spacial score (nSPS) is 11.1. The molecule has 33 heavy (non-hydrogen) atoms. The zero-order chi connectivity index (χ0) is 24.0. The van der Waals surface area contributed by atoms with Crippen molar-refractivity contribution >= 4 is 45.2 Å². The van der Waals surface area contributed by atoms with Crippen molar-refractivity contribution in [3.05, 3.63) is 97.5 Å². The van der Waals surface area contributed by atoms with Crippen LogP contribution in [-0.2, 0) is 11.2 Å². The second-order valence-corrected chi connectivity index (χ2v) is 9.01. The molecule has 0 fully saturated rings. The number of carbonyl (C=O) groups is 1. The summed E-state index contributed by atoms with van der Waals surface area (Å²) in [6.45, 7) is 6.59. The smallest absolute Gasteiger partial charge is 0.266 e. The van der Waals surface area contributed by atoms with Crippen molar-refractivity contribution in [1.29, 1.82) is 5.26 Å². The first kappa shape index (κ1) is 24.6. The maximum Gasteiger partial charge on any atom is 0.266 e. The van der Waals surface area contributed by atoms with Crippen LogP contribution in [0.3, 0.4) is 0 Å². The largest absolute Gasteiger partial charge is 0.494 e.